The Balaban J connectivity index is 1.83. The molecular weight excluding hydrogens is 354 g/mol. The summed E-state index contributed by atoms with van der Waals surface area (Å²) in [6.07, 6.45) is 3.42. The molecular formula is C21H23N5O2. The zero-order chi connectivity index (χ0) is 19.9. The number of methoxy groups -OCH3 is 1. The topological polar surface area (TPSA) is 89.0 Å². The first kappa shape index (κ1) is 19.3. The molecule has 0 aliphatic rings. The second-order valence-electron chi connectivity index (χ2n) is 6.15. The zero-order valence-corrected chi connectivity index (χ0v) is 16.2. The van der Waals surface area contributed by atoms with Crippen molar-refractivity contribution < 1.29 is 9.53 Å². The molecule has 3 aromatic rings. The van der Waals surface area contributed by atoms with E-state index in [0.29, 0.717) is 23.0 Å². The molecule has 2 N–H and O–H groups in total. The summed E-state index contributed by atoms with van der Waals surface area (Å²) in [5, 5.41) is 14.5. The van der Waals surface area contributed by atoms with Gasteiger partial charge >= 0.3 is 5.97 Å². The maximum atomic E-state index is 11.7. The van der Waals surface area contributed by atoms with Crippen LogP contribution in [0.4, 0.5) is 23.1 Å². The average Bonchev–Trinajstić information content (AvgIpc) is 2.73. The number of aryl methyl sites for hydroxylation is 2. The van der Waals surface area contributed by atoms with E-state index in [0.717, 1.165) is 18.5 Å². The molecule has 3 rings (SSSR count). The Hall–Kier alpha value is -3.48. The summed E-state index contributed by atoms with van der Waals surface area (Å²) in [6, 6.07) is 13.2. The number of nitrogens with zero attached hydrogens (tertiary/aromatic N) is 3. The molecule has 7 heteroatoms. The number of hydrogen-bond acceptors (Lipinski definition) is 7. The van der Waals surface area contributed by atoms with Crippen molar-refractivity contribution in [2.24, 2.45) is 0 Å². The van der Waals surface area contributed by atoms with E-state index in [-0.39, 0.29) is 0 Å². The number of anilines is 4. The minimum absolute atomic E-state index is 0.332. The lowest BCUT2D eigenvalue weighted by atomic mass is 10.0. The van der Waals surface area contributed by atoms with Crippen LogP contribution in [-0.4, -0.2) is 28.3 Å². The molecule has 0 spiro atoms. The molecule has 2 aromatic carbocycles. The fraction of sp³-hybridized carbons (Fsp3) is 0.238. The maximum Gasteiger partial charge on any atom is 0.337 e. The monoisotopic (exact) mass is 377 g/mol. The van der Waals surface area contributed by atoms with Crippen LogP contribution < -0.4 is 10.6 Å². The fourth-order valence-electron chi connectivity index (χ4n) is 2.92. The molecule has 0 radical (unpaired) electrons. The van der Waals surface area contributed by atoms with E-state index in [1.807, 2.05) is 6.07 Å². The van der Waals surface area contributed by atoms with Crippen molar-refractivity contribution in [3.63, 3.8) is 0 Å². The molecule has 0 aliphatic heterocycles. The summed E-state index contributed by atoms with van der Waals surface area (Å²) < 4.78 is 4.75. The summed E-state index contributed by atoms with van der Waals surface area (Å²) >= 11 is 0. The van der Waals surface area contributed by atoms with E-state index in [1.54, 1.807) is 24.4 Å². The van der Waals surface area contributed by atoms with Crippen molar-refractivity contribution in [3.05, 3.63) is 65.4 Å². The van der Waals surface area contributed by atoms with Crippen LogP contribution in [0.1, 0.15) is 35.3 Å². The number of para-hydroxylation sites is 1. The highest BCUT2D eigenvalue weighted by Crippen LogP contribution is 2.26. The summed E-state index contributed by atoms with van der Waals surface area (Å²) in [6.45, 7) is 4.25. The van der Waals surface area contributed by atoms with Gasteiger partial charge in [0.2, 0.25) is 5.95 Å². The molecule has 0 saturated carbocycles. The number of nitrogens with one attached hydrogen (secondary N) is 2. The van der Waals surface area contributed by atoms with Crippen LogP contribution in [0.3, 0.4) is 0 Å². The third-order valence-corrected chi connectivity index (χ3v) is 4.35. The van der Waals surface area contributed by atoms with Crippen LogP contribution in [0, 0.1) is 0 Å². The van der Waals surface area contributed by atoms with Gasteiger partial charge in [-0.05, 0) is 42.2 Å². The van der Waals surface area contributed by atoms with Gasteiger partial charge in [-0.25, -0.2) is 4.79 Å². The summed E-state index contributed by atoms with van der Waals surface area (Å²) in [5.41, 5.74) is 4.62. The highest BCUT2D eigenvalue weighted by atomic mass is 16.5. The first-order valence-electron chi connectivity index (χ1n) is 9.17. The van der Waals surface area contributed by atoms with Gasteiger partial charge in [0.25, 0.3) is 0 Å². The van der Waals surface area contributed by atoms with Crippen molar-refractivity contribution in [2.45, 2.75) is 26.7 Å². The van der Waals surface area contributed by atoms with Crippen LogP contribution >= 0.6 is 0 Å². The predicted molar refractivity (Wildman–Crippen MR) is 109 cm³/mol. The first-order valence-corrected chi connectivity index (χ1v) is 9.17. The molecule has 0 unspecified atom stereocenters. The van der Waals surface area contributed by atoms with Crippen LogP contribution in [0.15, 0.2) is 48.7 Å². The molecule has 28 heavy (non-hydrogen) atoms. The highest BCUT2D eigenvalue weighted by Gasteiger charge is 2.10. The van der Waals surface area contributed by atoms with Crippen molar-refractivity contribution >= 4 is 29.1 Å². The second-order valence-corrected chi connectivity index (χ2v) is 6.15. The Morgan fingerprint density at radius 1 is 1.04 bits per heavy atom. The third kappa shape index (κ3) is 4.43. The second kappa shape index (κ2) is 8.94. The average molecular weight is 377 g/mol. The zero-order valence-electron chi connectivity index (χ0n) is 16.2. The van der Waals surface area contributed by atoms with Gasteiger partial charge in [-0.15, -0.1) is 5.10 Å². The van der Waals surface area contributed by atoms with E-state index < -0.39 is 5.97 Å². The number of ether oxygens (including phenoxy) is 1. The summed E-state index contributed by atoms with van der Waals surface area (Å²) in [4.78, 5) is 16.2. The van der Waals surface area contributed by atoms with Crippen molar-refractivity contribution in [1.29, 1.82) is 0 Å². The number of aromatic nitrogens is 3. The van der Waals surface area contributed by atoms with Gasteiger partial charge in [0.05, 0.1) is 18.9 Å². The van der Waals surface area contributed by atoms with E-state index >= 15 is 0 Å². The normalized spacial score (nSPS) is 10.4. The van der Waals surface area contributed by atoms with E-state index in [2.05, 4.69) is 57.9 Å². The predicted octanol–water partition coefficient (Wildman–Crippen LogP) is 4.27. The minimum Gasteiger partial charge on any atom is -0.465 e. The van der Waals surface area contributed by atoms with Crippen LogP contribution in [0.25, 0.3) is 0 Å². The minimum atomic E-state index is -0.402. The van der Waals surface area contributed by atoms with Gasteiger partial charge in [-0.1, -0.05) is 38.1 Å². The van der Waals surface area contributed by atoms with Gasteiger partial charge in [0.1, 0.15) is 0 Å². The molecule has 0 fully saturated rings. The van der Waals surface area contributed by atoms with Crippen LogP contribution in [0.2, 0.25) is 0 Å². The molecule has 7 nitrogen and oxygen atoms in total. The number of benzene rings is 2. The Morgan fingerprint density at radius 3 is 2.43 bits per heavy atom. The Bertz CT molecular complexity index is 952. The van der Waals surface area contributed by atoms with Crippen molar-refractivity contribution in [3.8, 4) is 0 Å². The molecule has 1 aromatic heterocycles. The van der Waals surface area contributed by atoms with E-state index in [1.165, 1.54) is 18.2 Å². The number of rotatable bonds is 7. The number of carbonyl (C=O) groups excluding carboxylic acids is 1. The summed E-state index contributed by atoms with van der Waals surface area (Å²) in [7, 11) is 1.35. The third-order valence-electron chi connectivity index (χ3n) is 4.35. The molecule has 0 aliphatic carbocycles. The van der Waals surface area contributed by atoms with Gasteiger partial charge in [-0.3, -0.25) is 0 Å². The van der Waals surface area contributed by atoms with E-state index in [4.69, 9.17) is 4.74 Å². The van der Waals surface area contributed by atoms with Gasteiger partial charge in [-0.2, -0.15) is 10.1 Å². The van der Waals surface area contributed by atoms with Crippen molar-refractivity contribution in [1.82, 2.24) is 15.2 Å². The fourth-order valence-corrected chi connectivity index (χ4v) is 2.92. The molecule has 144 valence electrons. The van der Waals surface area contributed by atoms with Gasteiger partial charge in [0.15, 0.2) is 5.82 Å². The van der Waals surface area contributed by atoms with Gasteiger partial charge < -0.3 is 15.4 Å². The number of hydrogen-bond donors (Lipinski definition) is 2. The molecule has 0 saturated heterocycles. The highest BCUT2D eigenvalue weighted by molar-refractivity contribution is 5.90. The molecule has 0 amide bonds. The lowest BCUT2D eigenvalue weighted by Crippen LogP contribution is -2.06. The molecule has 0 bridgehead atoms. The molecule has 1 heterocycles. The maximum absolute atomic E-state index is 11.7. The lowest BCUT2D eigenvalue weighted by Gasteiger charge is -2.15. The smallest absolute Gasteiger partial charge is 0.337 e. The van der Waals surface area contributed by atoms with Gasteiger partial charge in [0, 0.05) is 11.4 Å². The van der Waals surface area contributed by atoms with E-state index in [9.17, 15) is 4.79 Å². The standard InChI is InChI=1S/C21H23N5O2/c1-4-14-8-6-9-15(5-2)19(14)24-18-13-22-26-21(25-18)23-17-11-7-10-16(12-17)20(27)28-3/h6-13H,4-5H2,1-3H3,(H2,23,24,25,26). The summed E-state index contributed by atoms with van der Waals surface area (Å²) in [5.74, 6) is 0.526. The Morgan fingerprint density at radius 2 is 1.75 bits per heavy atom. The SMILES string of the molecule is CCc1cccc(CC)c1Nc1cnnc(Nc2cccc(C(=O)OC)c2)n1. The number of carbonyl (C=O) groups is 1. The Kier molecular flexibility index (Phi) is 6.16. The largest absolute Gasteiger partial charge is 0.465 e. The lowest BCUT2D eigenvalue weighted by molar-refractivity contribution is 0.0601. The van der Waals surface area contributed by atoms with Crippen LogP contribution in [0.5, 0.6) is 0 Å². The quantitative estimate of drug-likeness (QED) is 0.594. The molecule has 0 atom stereocenters. The van der Waals surface area contributed by atoms with Crippen molar-refractivity contribution in [2.75, 3.05) is 17.7 Å². The first-order chi connectivity index (χ1) is 13.6. The Labute approximate surface area is 164 Å². The van der Waals surface area contributed by atoms with Crippen LogP contribution in [-0.2, 0) is 17.6 Å². The number of esters is 1.